The van der Waals surface area contributed by atoms with E-state index in [1.54, 1.807) is 0 Å². The molecule has 3 heterocycles. The second-order valence-electron chi connectivity index (χ2n) is 9.28. The molecule has 0 bridgehead atoms. The molecule has 0 aliphatic carbocycles. The van der Waals surface area contributed by atoms with E-state index in [1.807, 2.05) is 12.1 Å². The predicted molar refractivity (Wildman–Crippen MR) is 121 cm³/mol. The van der Waals surface area contributed by atoms with Gasteiger partial charge < -0.3 is 9.64 Å². The summed E-state index contributed by atoms with van der Waals surface area (Å²) >= 11 is 6.02. The Labute approximate surface area is 182 Å². The Morgan fingerprint density at radius 3 is 2.55 bits per heavy atom. The van der Waals surface area contributed by atoms with E-state index in [-0.39, 0.29) is 0 Å². The molecule has 0 N–H and O–H groups in total. The first-order valence-corrected chi connectivity index (χ1v) is 12.1. The summed E-state index contributed by atoms with van der Waals surface area (Å²) < 4.78 is 6.08. The second-order valence-corrected chi connectivity index (χ2v) is 9.72. The minimum atomic E-state index is 0.726. The molecule has 29 heavy (non-hydrogen) atoms. The fourth-order valence-corrected chi connectivity index (χ4v) is 5.40. The van der Waals surface area contributed by atoms with E-state index >= 15 is 0 Å². The average molecular weight is 420 g/mol. The van der Waals surface area contributed by atoms with Gasteiger partial charge in [0, 0.05) is 56.9 Å². The Morgan fingerprint density at radius 1 is 0.897 bits per heavy atom. The molecule has 4 nitrogen and oxygen atoms in total. The number of benzene rings is 1. The monoisotopic (exact) mass is 419 g/mol. The lowest BCUT2D eigenvalue weighted by Gasteiger charge is -2.46. The fourth-order valence-electron chi connectivity index (χ4n) is 5.27. The normalized spacial score (nSPS) is 27.1. The largest absolute Gasteiger partial charge is 0.381 e. The van der Waals surface area contributed by atoms with Crippen LogP contribution in [0, 0.1) is 5.92 Å². The van der Waals surface area contributed by atoms with Crippen molar-refractivity contribution >= 4 is 11.6 Å². The number of piperazine rings is 1. The van der Waals surface area contributed by atoms with Crippen LogP contribution in [0.4, 0.5) is 0 Å². The summed E-state index contributed by atoms with van der Waals surface area (Å²) in [4.78, 5) is 7.95. The quantitative estimate of drug-likeness (QED) is 0.589. The highest BCUT2D eigenvalue weighted by molar-refractivity contribution is 6.30. The van der Waals surface area contributed by atoms with Crippen LogP contribution in [0.1, 0.15) is 44.1 Å². The summed E-state index contributed by atoms with van der Waals surface area (Å²) in [6.07, 6.45) is 8.03. The zero-order valence-electron chi connectivity index (χ0n) is 17.9. The van der Waals surface area contributed by atoms with Crippen LogP contribution >= 0.6 is 11.6 Å². The summed E-state index contributed by atoms with van der Waals surface area (Å²) in [5, 5.41) is 0.825. The smallest absolute Gasteiger partial charge is 0.0506 e. The van der Waals surface area contributed by atoms with Crippen molar-refractivity contribution in [1.29, 1.82) is 0 Å². The third-order valence-corrected chi connectivity index (χ3v) is 7.23. The molecule has 162 valence electrons. The lowest BCUT2D eigenvalue weighted by molar-refractivity contribution is -0.00316. The lowest BCUT2D eigenvalue weighted by atomic mass is 9.91. The van der Waals surface area contributed by atoms with Gasteiger partial charge in [-0.3, -0.25) is 9.80 Å². The molecule has 3 saturated heterocycles. The van der Waals surface area contributed by atoms with Crippen LogP contribution in [0.5, 0.6) is 0 Å². The van der Waals surface area contributed by atoms with Gasteiger partial charge in [0.25, 0.3) is 0 Å². The van der Waals surface area contributed by atoms with E-state index in [1.165, 1.54) is 89.9 Å². The molecular formula is C24H38ClN3O. The van der Waals surface area contributed by atoms with Gasteiger partial charge >= 0.3 is 0 Å². The third kappa shape index (κ3) is 6.67. The van der Waals surface area contributed by atoms with Crippen LogP contribution < -0.4 is 0 Å². The number of rotatable bonds is 8. The maximum absolute atomic E-state index is 6.08. The van der Waals surface area contributed by atoms with Gasteiger partial charge in [0.1, 0.15) is 0 Å². The van der Waals surface area contributed by atoms with E-state index in [9.17, 15) is 0 Å². The Bertz CT molecular complexity index is 605. The molecule has 0 amide bonds. The number of nitrogens with zero attached hydrogens (tertiary/aromatic N) is 3. The van der Waals surface area contributed by atoms with Gasteiger partial charge in [-0.2, -0.15) is 0 Å². The van der Waals surface area contributed by atoms with Crippen molar-refractivity contribution in [2.45, 2.75) is 51.1 Å². The highest BCUT2D eigenvalue weighted by atomic mass is 35.5. The topological polar surface area (TPSA) is 19.0 Å². The molecule has 1 aromatic carbocycles. The van der Waals surface area contributed by atoms with Gasteiger partial charge in [0.2, 0.25) is 0 Å². The Kier molecular flexibility index (Phi) is 8.26. The Morgan fingerprint density at radius 2 is 1.72 bits per heavy atom. The molecule has 3 fully saturated rings. The number of likely N-dealkylation sites (tertiary alicyclic amines) is 1. The number of fused-ring (bicyclic) bond motifs is 1. The summed E-state index contributed by atoms with van der Waals surface area (Å²) in [6.45, 7) is 11.6. The van der Waals surface area contributed by atoms with Crippen LogP contribution in [0.25, 0.3) is 0 Å². The van der Waals surface area contributed by atoms with Crippen LogP contribution in [0.3, 0.4) is 0 Å². The van der Waals surface area contributed by atoms with E-state index in [0.717, 1.165) is 36.7 Å². The van der Waals surface area contributed by atoms with E-state index in [0.29, 0.717) is 0 Å². The van der Waals surface area contributed by atoms with Crippen molar-refractivity contribution in [2.75, 3.05) is 59.0 Å². The fraction of sp³-hybridized carbons (Fsp3) is 0.750. The van der Waals surface area contributed by atoms with Gasteiger partial charge in [0.15, 0.2) is 0 Å². The van der Waals surface area contributed by atoms with Gasteiger partial charge in [-0.1, -0.05) is 30.2 Å². The van der Waals surface area contributed by atoms with Crippen molar-refractivity contribution in [1.82, 2.24) is 14.7 Å². The van der Waals surface area contributed by atoms with Crippen molar-refractivity contribution in [3.8, 4) is 0 Å². The first kappa shape index (κ1) is 21.6. The molecule has 0 spiro atoms. The zero-order valence-corrected chi connectivity index (χ0v) is 18.7. The Hall–Kier alpha value is -0.650. The van der Waals surface area contributed by atoms with Crippen LogP contribution in [-0.4, -0.2) is 79.8 Å². The van der Waals surface area contributed by atoms with Gasteiger partial charge in [-0.25, -0.2) is 0 Å². The molecule has 1 aromatic rings. The summed E-state index contributed by atoms with van der Waals surface area (Å²) in [6, 6.07) is 9.06. The van der Waals surface area contributed by atoms with Crippen molar-refractivity contribution in [3.63, 3.8) is 0 Å². The maximum atomic E-state index is 6.08. The zero-order chi connectivity index (χ0) is 19.9. The van der Waals surface area contributed by atoms with Crippen molar-refractivity contribution < 1.29 is 4.74 Å². The highest BCUT2D eigenvalue weighted by Gasteiger charge is 2.32. The van der Waals surface area contributed by atoms with Gasteiger partial charge in [-0.05, 0) is 68.8 Å². The molecule has 4 rings (SSSR count). The first-order chi connectivity index (χ1) is 14.3. The summed E-state index contributed by atoms with van der Waals surface area (Å²) in [5.41, 5.74) is 1.37. The van der Waals surface area contributed by atoms with E-state index < -0.39 is 0 Å². The molecule has 0 saturated carbocycles. The van der Waals surface area contributed by atoms with Gasteiger partial charge in [-0.15, -0.1) is 0 Å². The predicted octanol–water partition coefficient (Wildman–Crippen LogP) is 4.13. The van der Waals surface area contributed by atoms with Gasteiger partial charge in [0.05, 0.1) is 6.61 Å². The molecule has 5 heteroatoms. The molecule has 0 radical (unpaired) electrons. The number of piperidine rings is 2. The first-order valence-electron chi connectivity index (χ1n) is 11.8. The molecule has 1 unspecified atom stereocenters. The molecular weight excluding hydrogens is 382 g/mol. The number of hydrogen-bond donors (Lipinski definition) is 0. The van der Waals surface area contributed by atoms with Crippen LogP contribution in [0.2, 0.25) is 5.02 Å². The standard InChI is InChI=1S/C24H38ClN3O/c25-23-8-5-21(6-9-23)17-27-14-15-28-18-22(7-10-24(28)19-27)20-29-16-4-13-26-11-2-1-3-12-26/h5-6,8-9,22,24H,1-4,7,10-20H2/t22?,24-/m0/s1. The highest BCUT2D eigenvalue weighted by Crippen LogP contribution is 2.26. The molecule has 0 aromatic heterocycles. The maximum Gasteiger partial charge on any atom is 0.0506 e. The van der Waals surface area contributed by atoms with E-state index in [4.69, 9.17) is 16.3 Å². The average Bonchev–Trinajstić information content (AvgIpc) is 2.76. The SMILES string of the molecule is Clc1ccc(CN2CCN3CC(COCCCN4CCCCC4)CC[C@H]3C2)cc1. The summed E-state index contributed by atoms with van der Waals surface area (Å²) in [5.74, 6) is 0.726. The van der Waals surface area contributed by atoms with Crippen LogP contribution in [-0.2, 0) is 11.3 Å². The minimum Gasteiger partial charge on any atom is -0.381 e. The number of ether oxygens (including phenoxy) is 1. The molecule has 3 aliphatic heterocycles. The minimum absolute atomic E-state index is 0.726. The number of halogens is 1. The molecule has 2 atom stereocenters. The Balaban J connectivity index is 1.11. The second kappa shape index (κ2) is 11.1. The number of hydrogen-bond acceptors (Lipinski definition) is 4. The third-order valence-electron chi connectivity index (χ3n) is 6.97. The van der Waals surface area contributed by atoms with E-state index in [2.05, 4.69) is 26.8 Å². The molecule has 3 aliphatic rings. The van der Waals surface area contributed by atoms with Crippen molar-refractivity contribution in [3.05, 3.63) is 34.9 Å². The van der Waals surface area contributed by atoms with Crippen molar-refractivity contribution in [2.24, 2.45) is 5.92 Å². The lowest BCUT2D eigenvalue weighted by Crippen LogP contribution is -2.56. The van der Waals surface area contributed by atoms with Crippen LogP contribution in [0.15, 0.2) is 24.3 Å². The summed E-state index contributed by atoms with van der Waals surface area (Å²) in [7, 11) is 0.